The van der Waals surface area contributed by atoms with Crippen molar-refractivity contribution in [2.24, 2.45) is 0 Å². The van der Waals surface area contributed by atoms with E-state index >= 15 is 0 Å². The molecule has 0 atom stereocenters. The van der Waals surface area contributed by atoms with Crippen LogP contribution in [-0.4, -0.2) is 48.2 Å². The van der Waals surface area contributed by atoms with E-state index in [0.717, 1.165) is 65.0 Å². The molecule has 9 heteroatoms. The Morgan fingerprint density at radius 2 is 2.00 bits per heavy atom. The lowest BCUT2D eigenvalue weighted by molar-refractivity contribution is 0.414. The molecular weight excluding hydrogens is 420 g/mol. The first-order valence-electron chi connectivity index (χ1n) is 9.56. The number of rotatable bonds is 6. The first kappa shape index (κ1) is 22.0. The van der Waals surface area contributed by atoms with Gasteiger partial charge in [0.15, 0.2) is 5.13 Å². The summed E-state index contributed by atoms with van der Waals surface area (Å²) in [5, 5.41) is 7.49. The van der Waals surface area contributed by atoms with Crippen LogP contribution >= 0.6 is 23.7 Å². The van der Waals surface area contributed by atoms with Crippen molar-refractivity contribution in [1.82, 2.24) is 20.3 Å². The van der Waals surface area contributed by atoms with Crippen molar-refractivity contribution in [3.63, 3.8) is 0 Å². The fourth-order valence-corrected chi connectivity index (χ4v) is 3.85. The molecule has 4 rings (SSSR count). The monoisotopic (exact) mass is 444 g/mol. The third kappa shape index (κ3) is 5.69. The van der Waals surface area contributed by atoms with Crippen LogP contribution in [0.5, 0.6) is 5.75 Å². The minimum absolute atomic E-state index is 0. The molecule has 1 saturated heterocycles. The Morgan fingerprint density at radius 1 is 1.17 bits per heavy atom. The maximum absolute atomic E-state index is 5.27. The largest absolute Gasteiger partial charge is 0.497 e. The Morgan fingerprint density at radius 3 is 2.80 bits per heavy atom. The van der Waals surface area contributed by atoms with Crippen molar-refractivity contribution in [2.45, 2.75) is 6.92 Å². The molecule has 0 bridgehead atoms. The van der Waals surface area contributed by atoms with Crippen LogP contribution in [0.4, 0.5) is 16.8 Å². The molecule has 0 saturated carbocycles. The Kier molecular flexibility index (Phi) is 7.62. The molecule has 2 aromatic heterocycles. The molecule has 1 aliphatic heterocycles. The third-order valence-electron chi connectivity index (χ3n) is 4.56. The number of ether oxygens (including phenoxy) is 1. The second-order valence-corrected chi connectivity index (χ2v) is 7.76. The molecule has 1 aromatic carbocycles. The second-order valence-electron chi connectivity index (χ2n) is 6.70. The molecule has 0 spiro atoms. The zero-order chi connectivity index (χ0) is 20.1. The number of anilines is 3. The van der Waals surface area contributed by atoms with E-state index in [1.54, 1.807) is 18.4 Å². The van der Waals surface area contributed by atoms with Crippen LogP contribution in [0.25, 0.3) is 12.2 Å². The van der Waals surface area contributed by atoms with E-state index in [9.17, 15) is 0 Å². The van der Waals surface area contributed by atoms with Gasteiger partial charge in [-0.25, -0.2) is 15.0 Å². The van der Waals surface area contributed by atoms with Gasteiger partial charge in [0.25, 0.3) is 0 Å². The van der Waals surface area contributed by atoms with E-state index in [4.69, 9.17) is 4.74 Å². The minimum atomic E-state index is 0. The fraction of sp³-hybridized carbons (Fsp3) is 0.286. The van der Waals surface area contributed by atoms with Gasteiger partial charge in [-0.05, 0) is 30.7 Å². The van der Waals surface area contributed by atoms with Crippen LogP contribution in [0.3, 0.4) is 0 Å². The molecule has 30 heavy (non-hydrogen) atoms. The number of aryl methyl sites for hydroxylation is 1. The fourth-order valence-electron chi connectivity index (χ4n) is 3.13. The second kappa shape index (κ2) is 10.4. The highest BCUT2D eigenvalue weighted by molar-refractivity contribution is 7.16. The van der Waals surface area contributed by atoms with E-state index in [0.29, 0.717) is 0 Å². The molecule has 158 valence electrons. The van der Waals surface area contributed by atoms with Gasteiger partial charge in [0, 0.05) is 43.3 Å². The minimum Gasteiger partial charge on any atom is -0.497 e. The molecule has 0 unspecified atom stereocenters. The van der Waals surface area contributed by atoms with Crippen LogP contribution in [0, 0.1) is 6.92 Å². The first-order valence-corrected chi connectivity index (χ1v) is 10.4. The maximum Gasteiger partial charge on any atom is 0.188 e. The Labute approximate surface area is 186 Å². The highest BCUT2D eigenvalue weighted by Crippen LogP contribution is 2.25. The molecule has 0 radical (unpaired) electrons. The van der Waals surface area contributed by atoms with Crippen molar-refractivity contribution < 1.29 is 4.74 Å². The summed E-state index contributed by atoms with van der Waals surface area (Å²) in [6.45, 7) is 5.77. The molecule has 0 amide bonds. The van der Waals surface area contributed by atoms with Crippen molar-refractivity contribution in [3.05, 3.63) is 52.8 Å². The number of piperazine rings is 1. The first-order chi connectivity index (χ1) is 14.2. The lowest BCUT2D eigenvalue weighted by Crippen LogP contribution is -2.44. The summed E-state index contributed by atoms with van der Waals surface area (Å²) in [4.78, 5) is 16.9. The average Bonchev–Trinajstić information content (AvgIpc) is 3.20. The number of benzene rings is 1. The highest BCUT2D eigenvalue weighted by atomic mass is 35.5. The number of thiazole rings is 1. The van der Waals surface area contributed by atoms with Gasteiger partial charge in [0.05, 0.1) is 7.11 Å². The molecule has 2 N–H and O–H groups in total. The molecule has 3 aromatic rings. The standard InChI is InChI=1S/C21H24N6OS.ClH/c1-15-24-19(13-20(25-15)27-10-8-22-9-11-27)26-21-23-14-18(29-21)7-6-16-4-3-5-17(12-16)28-2;/h3-7,12-14,22H,8-11H2,1-2H3,(H,23,24,25,26);1H/b7-6+;. The Balaban J connectivity index is 0.00000256. The van der Waals surface area contributed by atoms with Gasteiger partial charge in [-0.3, -0.25) is 0 Å². The van der Waals surface area contributed by atoms with E-state index in [-0.39, 0.29) is 12.4 Å². The molecule has 3 heterocycles. The van der Waals surface area contributed by atoms with E-state index < -0.39 is 0 Å². The van der Waals surface area contributed by atoms with Gasteiger partial charge < -0.3 is 20.3 Å². The number of hydrogen-bond acceptors (Lipinski definition) is 8. The topological polar surface area (TPSA) is 75.2 Å². The van der Waals surface area contributed by atoms with Crippen LogP contribution < -0.4 is 20.3 Å². The predicted octanol–water partition coefficient (Wildman–Crippen LogP) is 4.00. The van der Waals surface area contributed by atoms with Gasteiger partial charge in [0.1, 0.15) is 23.2 Å². The molecule has 7 nitrogen and oxygen atoms in total. The smallest absolute Gasteiger partial charge is 0.188 e. The zero-order valence-electron chi connectivity index (χ0n) is 17.0. The summed E-state index contributed by atoms with van der Waals surface area (Å²) in [5.41, 5.74) is 1.08. The number of aromatic nitrogens is 3. The number of methoxy groups -OCH3 is 1. The molecular formula is C21H25ClN6OS. The maximum atomic E-state index is 5.27. The summed E-state index contributed by atoms with van der Waals surface area (Å²) in [6.07, 6.45) is 5.96. The SMILES string of the molecule is COc1cccc(/C=C/c2cnc(Nc3cc(N4CCNCC4)nc(C)n3)s2)c1.Cl. The Hall–Kier alpha value is -2.68. The van der Waals surface area contributed by atoms with Gasteiger partial charge in [-0.1, -0.05) is 29.5 Å². The van der Waals surface area contributed by atoms with Gasteiger partial charge >= 0.3 is 0 Å². The number of nitrogens with one attached hydrogen (secondary N) is 2. The van der Waals surface area contributed by atoms with Gasteiger partial charge in [-0.2, -0.15) is 0 Å². The van der Waals surface area contributed by atoms with Crippen molar-refractivity contribution >= 4 is 52.7 Å². The normalized spacial score (nSPS) is 13.9. The van der Waals surface area contributed by atoms with E-state index in [1.165, 1.54) is 0 Å². The highest BCUT2D eigenvalue weighted by Gasteiger charge is 2.14. The van der Waals surface area contributed by atoms with Crippen molar-refractivity contribution in [1.29, 1.82) is 0 Å². The Bertz CT molecular complexity index is 1000. The quantitative estimate of drug-likeness (QED) is 0.595. The van der Waals surface area contributed by atoms with E-state index in [2.05, 4.69) is 42.6 Å². The summed E-state index contributed by atoms with van der Waals surface area (Å²) < 4.78 is 5.27. The zero-order valence-corrected chi connectivity index (χ0v) is 18.6. The number of nitrogens with zero attached hydrogens (tertiary/aromatic N) is 4. The summed E-state index contributed by atoms with van der Waals surface area (Å²) in [5.74, 6) is 3.32. The van der Waals surface area contributed by atoms with Crippen molar-refractivity contribution in [3.8, 4) is 5.75 Å². The number of hydrogen-bond donors (Lipinski definition) is 2. The van der Waals surface area contributed by atoms with Crippen LogP contribution in [-0.2, 0) is 0 Å². The molecule has 1 fully saturated rings. The van der Waals surface area contributed by atoms with Gasteiger partial charge in [-0.15, -0.1) is 12.4 Å². The molecule has 1 aliphatic rings. The van der Waals surface area contributed by atoms with E-state index in [1.807, 2.05) is 43.5 Å². The summed E-state index contributed by atoms with van der Waals surface area (Å²) >= 11 is 1.58. The van der Waals surface area contributed by atoms with Crippen LogP contribution in [0.15, 0.2) is 36.5 Å². The third-order valence-corrected chi connectivity index (χ3v) is 5.44. The van der Waals surface area contributed by atoms with Crippen molar-refractivity contribution in [2.75, 3.05) is 43.5 Å². The number of halogens is 1. The summed E-state index contributed by atoms with van der Waals surface area (Å²) in [7, 11) is 1.67. The lowest BCUT2D eigenvalue weighted by Gasteiger charge is -2.28. The molecule has 0 aliphatic carbocycles. The van der Waals surface area contributed by atoms with Crippen LogP contribution in [0.1, 0.15) is 16.3 Å². The summed E-state index contributed by atoms with van der Waals surface area (Å²) in [6, 6.07) is 9.94. The lowest BCUT2D eigenvalue weighted by atomic mass is 10.2. The predicted molar refractivity (Wildman–Crippen MR) is 126 cm³/mol. The van der Waals surface area contributed by atoms with Crippen LogP contribution in [0.2, 0.25) is 0 Å². The van der Waals surface area contributed by atoms with Gasteiger partial charge in [0.2, 0.25) is 0 Å². The average molecular weight is 445 g/mol.